The van der Waals surface area contributed by atoms with Gasteiger partial charge in [-0.2, -0.15) is 0 Å². The van der Waals surface area contributed by atoms with Crippen LogP contribution in [-0.2, 0) is 6.42 Å². The van der Waals surface area contributed by atoms with Crippen molar-refractivity contribution in [1.29, 1.82) is 0 Å². The second kappa shape index (κ2) is 4.88. The first-order chi connectivity index (χ1) is 7.66. The van der Waals surface area contributed by atoms with Crippen molar-refractivity contribution in [1.82, 2.24) is 5.32 Å². The molecule has 88 valence electrons. The molecule has 0 unspecified atom stereocenters. The fraction of sp³-hybridized carbons (Fsp3) is 0.571. The molecule has 2 nitrogen and oxygen atoms in total. The minimum absolute atomic E-state index is 0.448. The molecule has 1 saturated heterocycles. The van der Waals surface area contributed by atoms with Crippen molar-refractivity contribution in [3.05, 3.63) is 28.8 Å². The van der Waals surface area contributed by atoms with E-state index in [4.69, 9.17) is 0 Å². The average molecular weight is 219 g/mol. The Morgan fingerprint density at radius 2 is 1.94 bits per heavy atom. The van der Waals surface area contributed by atoms with Gasteiger partial charge in [-0.05, 0) is 74.9 Å². The first-order valence-corrected chi connectivity index (χ1v) is 6.16. The molecule has 0 aromatic heterocycles. The quantitative estimate of drug-likeness (QED) is 0.801. The molecular formula is C14H21NO. The Hall–Kier alpha value is -1.02. The third-order valence-corrected chi connectivity index (χ3v) is 3.68. The summed E-state index contributed by atoms with van der Waals surface area (Å²) in [7, 11) is 0. The lowest BCUT2D eigenvalue weighted by Gasteiger charge is -2.23. The van der Waals surface area contributed by atoms with Gasteiger partial charge in [0.1, 0.15) is 5.75 Å². The summed E-state index contributed by atoms with van der Waals surface area (Å²) in [6.07, 6.45) is 3.62. The van der Waals surface area contributed by atoms with Crippen molar-refractivity contribution in [2.75, 3.05) is 13.1 Å². The van der Waals surface area contributed by atoms with Gasteiger partial charge < -0.3 is 10.4 Å². The largest absolute Gasteiger partial charge is 0.508 e. The standard InChI is InChI=1S/C14H21NO/c1-10-7-13(9-14(16)11(10)2)8-12-3-5-15-6-4-12/h7,9,12,15-16H,3-6,8H2,1-2H3. The van der Waals surface area contributed by atoms with Crippen LogP contribution >= 0.6 is 0 Å². The third-order valence-electron chi connectivity index (χ3n) is 3.68. The Morgan fingerprint density at radius 3 is 2.56 bits per heavy atom. The Balaban J connectivity index is 2.09. The monoisotopic (exact) mass is 219 g/mol. The number of aromatic hydroxyl groups is 1. The van der Waals surface area contributed by atoms with Crippen LogP contribution in [0.3, 0.4) is 0 Å². The Morgan fingerprint density at radius 1 is 1.25 bits per heavy atom. The Bertz CT molecular complexity index is 344. The van der Waals surface area contributed by atoms with E-state index in [0.717, 1.165) is 31.0 Å². The summed E-state index contributed by atoms with van der Waals surface area (Å²) >= 11 is 0. The molecule has 1 heterocycles. The molecule has 0 aliphatic carbocycles. The van der Waals surface area contributed by atoms with Crippen LogP contribution < -0.4 is 5.32 Å². The van der Waals surface area contributed by atoms with Crippen molar-refractivity contribution in [2.45, 2.75) is 33.1 Å². The lowest BCUT2D eigenvalue weighted by atomic mass is 9.90. The molecule has 2 N–H and O–H groups in total. The van der Waals surface area contributed by atoms with E-state index >= 15 is 0 Å². The second-order valence-electron chi connectivity index (χ2n) is 4.95. The lowest BCUT2D eigenvalue weighted by Crippen LogP contribution is -2.28. The maximum atomic E-state index is 9.80. The van der Waals surface area contributed by atoms with Crippen LogP contribution in [0.15, 0.2) is 12.1 Å². The highest BCUT2D eigenvalue weighted by molar-refractivity contribution is 5.41. The van der Waals surface area contributed by atoms with Crippen molar-refractivity contribution < 1.29 is 5.11 Å². The topological polar surface area (TPSA) is 32.3 Å². The van der Waals surface area contributed by atoms with E-state index in [9.17, 15) is 5.11 Å². The zero-order valence-electron chi connectivity index (χ0n) is 10.2. The van der Waals surface area contributed by atoms with E-state index in [0.29, 0.717) is 5.75 Å². The number of piperidine rings is 1. The van der Waals surface area contributed by atoms with E-state index in [1.54, 1.807) is 0 Å². The molecule has 16 heavy (non-hydrogen) atoms. The summed E-state index contributed by atoms with van der Waals surface area (Å²) in [5, 5.41) is 13.2. The van der Waals surface area contributed by atoms with Gasteiger partial charge in [0.25, 0.3) is 0 Å². The number of rotatable bonds is 2. The third kappa shape index (κ3) is 2.56. The molecule has 2 rings (SSSR count). The number of hydrogen-bond acceptors (Lipinski definition) is 2. The molecule has 1 fully saturated rings. The van der Waals surface area contributed by atoms with E-state index in [1.807, 2.05) is 13.0 Å². The van der Waals surface area contributed by atoms with E-state index in [-0.39, 0.29) is 0 Å². The van der Waals surface area contributed by atoms with Gasteiger partial charge in [-0.15, -0.1) is 0 Å². The van der Waals surface area contributed by atoms with Crippen LogP contribution in [0.2, 0.25) is 0 Å². The number of aryl methyl sites for hydroxylation is 1. The molecule has 1 aromatic carbocycles. The van der Waals surface area contributed by atoms with Crippen LogP contribution in [0.25, 0.3) is 0 Å². The van der Waals surface area contributed by atoms with Crippen molar-refractivity contribution in [3.63, 3.8) is 0 Å². The predicted molar refractivity (Wildman–Crippen MR) is 66.9 cm³/mol. The Labute approximate surface area is 97.7 Å². The minimum atomic E-state index is 0.448. The first-order valence-electron chi connectivity index (χ1n) is 6.16. The molecule has 0 bridgehead atoms. The van der Waals surface area contributed by atoms with Crippen LogP contribution in [-0.4, -0.2) is 18.2 Å². The van der Waals surface area contributed by atoms with Crippen LogP contribution in [0.5, 0.6) is 5.75 Å². The van der Waals surface area contributed by atoms with Gasteiger partial charge in [0, 0.05) is 0 Å². The molecule has 2 heteroatoms. The van der Waals surface area contributed by atoms with Crippen LogP contribution in [0.1, 0.15) is 29.5 Å². The fourth-order valence-corrected chi connectivity index (χ4v) is 2.45. The zero-order valence-corrected chi connectivity index (χ0v) is 10.2. The summed E-state index contributed by atoms with van der Waals surface area (Å²) in [6, 6.07) is 4.15. The van der Waals surface area contributed by atoms with Gasteiger partial charge in [0.15, 0.2) is 0 Å². The fourth-order valence-electron chi connectivity index (χ4n) is 2.45. The van der Waals surface area contributed by atoms with Gasteiger partial charge in [0.2, 0.25) is 0 Å². The molecule has 0 amide bonds. The average Bonchev–Trinajstić information content (AvgIpc) is 2.27. The minimum Gasteiger partial charge on any atom is -0.508 e. The number of phenolic OH excluding ortho intramolecular Hbond substituents is 1. The van der Waals surface area contributed by atoms with Gasteiger partial charge in [0.05, 0.1) is 0 Å². The second-order valence-corrected chi connectivity index (χ2v) is 4.95. The maximum absolute atomic E-state index is 9.80. The molecule has 0 radical (unpaired) electrons. The number of phenols is 1. The molecule has 1 aliphatic heterocycles. The normalized spacial score (nSPS) is 17.6. The van der Waals surface area contributed by atoms with Crippen molar-refractivity contribution in [2.24, 2.45) is 5.92 Å². The van der Waals surface area contributed by atoms with Gasteiger partial charge in [-0.3, -0.25) is 0 Å². The smallest absolute Gasteiger partial charge is 0.119 e. The molecule has 1 aliphatic rings. The highest BCUT2D eigenvalue weighted by atomic mass is 16.3. The van der Waals surface area contributed by atoms with Gasteiger partial charge in [-0.25, -0.2) is 0 Å². The van der Waals surface area contributed by atoms with E-state index < -0.39 is 0 Å². The highest BCUT2D eigenvalue weighted by Crippen LogP contribution is 2.25. The van der Waals surface area contributed by atoms with E-state index in [1.165, 1.54) is 24.0 Å². The summed E-state index contributed by atoms with van der Waals surface area (Å²) in [4.78, 5) is 0. The zero-order chi connectivity index (χ0) is 11.5. The highest BCUT2D eigenvalue weighted by Gasteiger charge is 2.14. The molecule has 0 spiro atoms. The molecular weight excluding hydrogens is 198 g/mol. The predicted octanol–water partition coefficient (Wildman–Crippen LogP) is 2.55. The van der Waals surface area contributed by atoms with Crippen molar-refractivity contribution in [3.8, 4) is 5.75 Å². The number of benzene rings is 1. The number of nitrogens with one attached hydrogen (secondary N) is 1. The van der Waals surface area contributed by atoms with Gasteiger partial charge >= 0.3 is 0 Å². The molecule has 1 aromatic rings. The maximum Gasteiger partial charge on any atom is 0.119 e. The van der Waals surface area contributed by atoms with Gasteiger partial charge in [-0.1, -0.05) is 6.07 Å². The SMILES string of the molecule is Cc1cc(CC2CCNCC2)cc(O)c1C. The molecule has 0 saturated carbocycles. The molecule has 0 atom stereocenters. The summed E-state index contributed by atoms with van der Waals surface area (Å²) in [5.41, 5.74) is 3.49. The van der Waals surface area contributed by atoms with Crippen LogP contribution in [0, 0.1) is 19.8 Å². The summed E-state index contributed by atoms with van der Waals surface area (Å²) in [6.45, 7) is 6.32. The first kappa shape index (κ1) is 11.5. The summed E-state index contributed by atoms with van der Waals surface area (Å²) < 4.78 is 0. The Kier molecular flexibility index (Phi) is 3.49. The summed E-state index contributed by atoms with van der Waals surface area (Å²) in [5.74, 6) is 1.23. The van der Waals surface area contributed by atoms with E-state index in [2.05, 4.69) is 18.3 Å². The van der Waals surface area contributed by atoms with Crippen LogP contribution in [0.4, 0.5) is 0 Å². The number of hydrogen-bond donors (Lipinski definition) is 2. The lowest BCUT2D eigenvalue weighted by molar-refractivity contribution is 0.372. The van der Waals surface area contributed by atoms with Crippen molar-refractivity contribution >= 4 is 0 Å².